The quantitative estimate of drug-likeness (QED) is 0.387. The van der Waals surface area contributed by atoms with Gasteiger partial charge < -0.3 is 10.6 Å². The van der Waals surface area contributed by atoms with E-state index in [2.05, 4.69) is 15.7 Å². The standard InChI is InChI=1S/C28H31F3N4O/c1-2-18-8-10-21(11-9-18)24-16-25(28(29,30)31)35-26(34-24)23(17-32-35)27(36)33-22-14-12-20(13-15-22)19-6-4-3-5-7-19/h8-15,17,19,24-25,34H,2-7,16H2,1H3,(H,33,36). The van der Waals surface area contributed by atoms with Crippen LogP contribution in [0, 0.1) is 0 Å². The molecule has 1 amide bonds. The van der Waals surface area contributed by atoms with Gasteiger partial charge in [-0.25, -0.2) is 4.68 Å². The molecule has 2 atom stereocenters. The summed E-state index contributed by atoms with van der Waals surface area (Å²) in [4.78, 5) is 13.1. The molecule has 1 fully saturated rings. The minimum atomic E-state index is -4.49. The summed E-state index contributed by atoms with van der Waals surface area (Å²) in [5.74, 6) is 0.152. The molecular weight excluding hydrogens is 465 g/mol. The van der Waals surface area contributed by atoms with Gasteiger partial charge in [0.2, 0.25) is 0 Å². The van der Waals surface area contributed by atoms with E-state index in [1.165, 1.54) is 43.9 Å². The summed E-state index contributed by atoms with van der Waals surface area (Å²) < 4.78 is 42.9. The Balaban J connectivity index is 1.37. The third kappa shape index (κ3) is 4.99. The normalized spacial score (nSPS) is 20.4. The smallest absolute Gasteiger partial charge is 0.363 e. The molecule has 1 saturated carbocycles. The second-order valence-electron chi connectivity index (χ2n) is 9.85. The van der Waals surface area contributed by atoms with Crippen LogP contribution in [0.4, 0.5) is 24.7 Å². The van der Waals surface area contributed by atoms with Crippen LogP contribution in [-0.2, 0) is 6.42 Å². The largest absolute Gasteiger partial charge is 0.410 e. The molecule has 2 aromatic carbocycles. The number of anilines is 2. The zero-order valence-electron chi connectivity index (χ0n) is 20.3. The highest BCUT2D eigenvalue weighted by molar-refractivity contribution is 6.07. The van der Waals surface area contributed by atoms with Crippen LogP contribution >= 0.6 is 0 Å². The molecule has 5 nitrogen and oxygen atoms in total. The van der Waals surface area contributed by atoms with Gasteiger partial charge in [-0.05, 0) is 54.0 Å². The number of hydrogen-bond acceptors (Lipinski definition) is 3. The lowest BCUT2D eigenvalue weighted by molar-refractivity contribution is -0.173. The van der Waals surface area contributed by atoms with Crippen molar-refractivity contribution >= 4 is 17.4 Å². The Morgan fingerprint density at radius 1 is 1.03 bits per heavy atom. The SMILES string of the molecule is CCc1ccc(C2CC(C(F)(F)F)n3ncc(C(=O)Nc4ccc(C5CCCCC5)cc4)c3N2)cc1. The first-order valence-electron chi connectivity index (χ1n) is 12.7. The van der Waals surface area contributed by atoms with Crippen LogP contribution in [-0.4, -0.2) is 21.9 Å². The summed E-state index contributed by atoms with van der Waals surface area (Å²) >= 11 is 0. The Kier molecular flexibility index (Phi) is 6.77. The van der Waals surface area contributed by atoms with Crippen molar-refractivity contribution < 1.29 is 18.0 Å². The number of carbonyl (C=O) groups excluding carboxylic acids is 1. The van der Waals surface area contributed by atoms with E-state index in [0.29, 0.717) is 11.6 Å². The molecule has 36 heavy (non-hydrogen) atoms. The summed E-state index contributed by atoms with van der Waals surface area (Å²) in [6.07, 6.45) is 3.51. The van der Waals surface area contributed by atoms with E-state index in [1.54, 1.807) is 0 Å². The number of carbonyl (C=O) groups is 1. The van der Waals surface area contributed by atoms with Crippen LogP contribution in [0.15, 0.2) is 54.7 Å². The van der Waals surface area contributed by atoms with E-state index < -0.39 is 24.2 Å². The van der Waals surface area contributed by atoms with E-state index in [-0.39, 0.29) is 17.8 Å². The van der Waals surface area contributed by atoms with Gasteiger partial charge in [0.25, 0.3) is 5.91 Å². The third-order valence-electron chi connectivity index (χ3n) is 7.52. The van der Waals surface area contributed by atoms with Gasteiger partial charge in [0.05, 0.1) is 12.2 Å². The van der Waals surface area contributed by atoms with Gasteiger partial charge >= 0.3 is 6.18 Å². The predicted molar refractivity (Wildman–Crippen MR) is 134 cm³/mol. The van der Waals surface area contributed by atoms with Gasteiger partial charge in [-0.2, -0.15) is 18.3 Å². The molecule has 8 heteroatoms. The Morgan fingerprint density at radius 2 is 1.69 bits per heavy atom. The van der Waals surface area contributed by atoms with Crippen molar-refractivity contribution in [3.8, 4) is 0 Å². The fourth-order valence-corrected chi connectivity index (χ4v) is 5.41. The summed E-state index contributed by atoms with van der Waals surface area (Å²) in [5.41, 5.74) is 3.83. The number of aromatic nitrogens is 2. The van der Waals surface area contributed by atoms with E-state index in [1.807, 2.05) is 55.5 Å². The predicted octanol–water partition coefficient (Wildman–Crippen LogP) is 7.41. The van der Waals surface area contributed by atoms with Gasteiger partial charge in [0.15, 0.2) is 6.04 Å². The van der Waals surface area contributed by atoms with Crippen molar-refractivity contribution in [2.45, 2.75) is 76.0 Å². The number of benzene rings is 2. The lowest BCUT2D eigenvalue weighted by Gasteiger charge is -2.34. The van der Waals surface area contributed by atoms with Gasteiger partial charge in [-0.15, -0.1) is 0 Å². The molecular formula is C28H31F3N4O. The molecule has 1 aromatic heterocycles. The monoisotopic (exact) mass is 496 g/mol. The second kappa shape index (κ2) is 9.99. The zero-order chi connectivity index (χ0) is 25.3. The number of hydrogen-bond donors (Lipinski definition) is 2. The van der Waals surface area contributed by atoms with Crippen molar-refractivity contribution in [2.75, 3.05) is 10.6 Å². The maximum Gasteiger partial charge on any atom is 0.410 e. The number of halogens is 3. The Bertz CT molecular complexity index is 1200. The summed E-state index contributed by atoms with van der Waals surface area (Å²) in [6, 6.07) is 12.9. The Morgan fingerprint density at radius 3 is 2.33 bits per heavy atom. The average Bonchev–Trinajstić information content (AvgIpc) is 3.33. The first kappa shape index (κ1) is 24.4. The van der Waals surface area contributed by atoms with Crippen molar-refractivity contribution in [3.05, 3.63) is 77.0 Å². The molecule has 0 spiro atoms. The number of fused-ring (bicyclic) bond motifs is 1. The summed E-state index contributed by atoms with van der Waals surface area (Å²) in [7, 11) is 0. The molecule has 1 aliphatic carbocycles. The molecule has 1 aliphatic heterocycles. The Hall–Kier alpha value is -3.29. The Labute approximate surface area is 209 Å². The molecule has 2 heterocycles. The van der Waals surface area contributed by atoms with Crippen LogP contribution in [0.2, 0.25) is 0 Å². The van der Waals surface area contributed by atoms with Crippen molar-refractivity contribution in [3.63, 3.8) is 0 Å². The molecule has 0 bridgehead atoms. The number of nitrogens with one attached hydrogen (secondary N) is 2. The highest BCUT2D eigenvalue weighted by atomic mass is 19.4. The molecule has 2 N–H and O–H groups in total. The summed E-state index contributed by atoms with van der Waals surface area (Å²) in [6.45, 7) is 2.03. The zero-order valence-corrected chi connectivity index (χ0v) is 20.3. The van der Waals surface area contributed by atoms with Gasteiger partial charge in [0.1, 0.15) is 11.4 Å². The molecule has 2 aliphatic rings. The average molecular weight is 497 g/mol. The van der Waals surface area contributed by atoms with Crippen LogP contribution < -0.4 is 10.6 Å². The molecule has 0 saturated heterocycles. The maximum atomic E-state index is 14.0. The highest BCUT2D eigenvalue weighted by Crippen LogP contribution is 2.44. The van der Waals surface area contributed by atoms with Crippen LogP contribution in [0.3, 0.4) is 0 Å². The van der Waals surface area contributed by atoms with Gasteiger partial charge in [0, 0.05) is 12.1 Å². The van der Waals surface area contributed by atoms with Crippen LogP contribution in [0.5, 0.6) is 0 Å². The number of rotatable bonds is 5. The third-order valence-corrected chi connectivity index (χ3v) is 7.52. The molecule has 190 valence electrons. The topological polar surface area (TPSA) is 59.0 Å². The van der Waals surface area contributed by atoms with Crippen molar-refractivity contribution in [2.24, 2.45) is 0 Å². The van der Waals surface area contributed by atoms with E-state index in [0.717, 1.165) is 22.2 Å². The van der Waals surface area contributed by atoms with Crippen molar-refractivity contribution in [1.82, 2.24) is 9.78 Å². The number of nitrogens with zero attached hydrogens (tertiary/aromatic N) is 2. The second-order valence-corrected chi connectivity index (χ2v) is 9.85. The maximum absolute atomic E-state index is 14.0. The lowest BCUT2D eigenvalue weighted by Crippen LogP contribution is -2.36. The first-order chi connectivity index (χ1) is 17.3. The van der Waals surface area contributed by atoms with Gasteiger partial charge in [-0.1, -0.05) is 62.6 Å². The minimum absolute atomic E-state index is 0.0875. The number of aryl methyl sites for hydroxylation is 1. The lowest BCUT2D eigenvalue weighted by atomic mass is 9.84. The van der Waals surface area contributed by atoms with Gasteiger partial charge in [-0.3, -0.25) is 4.79 Å². The molecule has 0 radical (unpaired) electrons. The van der Waals surface area contributed by atoms with E-state index in [4.69, 9.17) is 0 Å². The highest BCUT2D eigenvalue weighted by Gasteiger charge is 2.47. The van der Waals surface area contributed by atoms with E-state index >= 15 is 0 Å². The van der Waals surface area contributed by atoms with Crippen molar-refractivity contribution in [1.29, 1.82) is 0 Å². The number of amides is 1. The first-order valence-corrected chi connectivity index (χ1v) is 12.7. The van der Waals surface area contributed by atoms with E-state index in [9.17, 15) is 18.0 Å². The van der Waals surface area contributed by atoms with Crippen LogP contribution in [0.1, 0.15) is 90.5 Å². The summed E-state index contributed by atoms with van der Waals surface area (Å²) in [5, 5.41) is 9.97. The van der Waals surface area contributed by atoms with Crippen LogP contribution in [0.25, 0.3) is 0 Å². The molecule has 5 rings (SSSR count). The number of alkyl halides is 3. The minimum Gasteiger partial charge on any atom is -0.363 e. The fraction of sp³-hybridized carbons (Fsp3) is 0.429. The molecule has 3 aromatic rings. The molecule has 2 unspecified atom stereocenters. The fourth-order valence-electron chi connectivity index (χ4n) is 5.41.